The zero-order valence-corrected chi connectivity index (χ0v) is 7.60. The summed E-state index contributed by atoms with van der Waals surface area (Å²) in [4.78, 5) is 0. The lowest BCUT2D eigenvalue weighted by atomic mass is 9.91. The van der Waals surface area contributed by atoms with Gasteiger partial charge >= 0.3 is 0 Å². The van der Waals surface area contributed by atoms with Crippen LogP contribution < -0.4 is 5.73 Å². The SMILES string of the molecule is CCC[C@@H](N)C1(C)CCCO1. The monoisotopic (exact) mass is 157 g/mol. The van der Waals surface area contributed by atoms with E-state index in [4.69, 9.17) is 10.5 Å². The van der Waals surface area contributed by atoms with Crippen LogP contribution in [0.1, 0.15) is 39.5 Å². The van der Waals surface area contributed by atoms with Gasteiger partial charge < -0.3 is 10.5 Å². The molecule has 11 heavy (non-hydrogen) atoms. The second-order valence-corrected chi connectivity index (χ2v) is 3.66. The van der Waals surface area contributed by atoms with Crippen molar-refractivity contribution >= 4 is 0 Å². The van der Waals surface area contributed by atoms with Crippen LogP contribution in [0.2, 0.25) is 0 Å². The van der Waals surface area contributed by atoms with Crippen molar-refractivity contribution in [2.45, 2.75) is 51.2 Å². The van der Waals surface area contributed by atoms with Gasteiger partial charge in [-0.3, -0.25) is 0 Å². The zero-order valence-electron chi connectivity index (χ0n) is 7.60. The Morgan fingerprint density at radius 3 is 2.82 bits per heavy atom. The average Bonchev–Trinajstić information content (AvgIpc) is 2.38. The minimum absolute atomic E-state index is 0.0178. The van der Waals surface area contributed by atoms with E-state index >= 15 is 0 Å². The number of rotatable bonds is 3. The number of ether oxygens (including phenoxy) is 1. The average molecular weight is 157 g/mol. The van der Waals surface area contributed by atoms with E-state index in [1.165, 1.54) is 6.42 Å². The molecule has 2 N–H and O–H groups in total. The van der Waals surface area contributed by atoms with Crippen LogP contribution in [0.15, 0.2) is 0 Å². The molecule has 0 saturated carbocycles. The van der Waals surface area contributed by atoms with Gasteiger partial charge in [-0.05, 0) is 26.2 Å². The highest BCUT2D eigenvalue weighted by atomic mass is 16.5. The Kier molecular flexibility index (Phi) is 2.90. The maximum absolute atomic E-state index is 6.00. The van der Waals surface area contributed by atoms with E-state index in [1.54, 1.807) is 0 Å². The molecule has 1 heterocycles. The summed E-state index contributed by atoms with van der Waals surface area (Å²) in [6.45, 7) is 5.20. The normalized spacial score (nSPS) is 34.1. The van der Waals surface area contributed by atoms with Crippen molar-refractivity contribution in [1.82, 2.24) is 0 Å². The highest BCUT2D eigenvalue weighted by Crippen LogP contribution is 2.29. The van der Waals surface area contributed by atoms with E-state index in [9.17, 15) is 0 Å². The fourth-order valence-corrected chi connectivity index (χ4v) is 1.71. The van der Waals surface area contributed by atoms with Gasteiger partial charge in [0.1, 0.15) is 0 Å². The molecule has 1 saturated heterocycles. The molecule has 0 radical (unpaired) electrons. The van der Waals surface area contributed by atoms with Crippen molar-refractivity contribution in [1.29, 1.82) is 0 Å². The van der Waals surface area contributed by atoms with Crippen LogP contribution >= 0.6 is 0 Å². The molecule has 0 aromatic heterocycles. The molecule has 66 valence electrons. The maximum atomic E-state index is 6.00. The molecule has 2 heteroatoms. The molecular weight excluding hydrogens is 138 g/mol. The van der Waals surface area contributed by atoms with E-state index in [0.717, 1.165) is 25.9 Å². The van der Waals surface area contributed by atoms with Crippen LogP contribution in [0, 0.1) is 0 Å². The number of nitrogens with two attached hydrogens (primary N) is 1. The Labute approximate surface area is 69.1 Å². The van der Waals surface area contributed by atoms with Gasteiger partial charge in [-0.1, -0.05) is 13.3 Å². The summed E-state index contributed by atoms with van der Waals surface area (Å²) in [6.07, 6.45) is 4.54. The van der Waals surface area contributed by atoms with Gasteiger partial charge in [0, 0.05) is 12.6 Å². The van der Waals surface area contributed by atoms with E-state index in [0.29, 0.717) is 0 Å². The topological polar surface area (TPSA) is 35.2 Å². The molecule has 1 aliphatic heterocycles. The van der Waals surface area contributed by atoms with Crippen LogP contribution in [-0.4, -0.2) is 18.2 Å². The first-order chi connectivity index (χ1) is 5.19. The summed E-state index contributed by atoms with van der Waals surface area (Å²) >= 11 is 0. The summed E-state index contributed by atoms with van der Waals surface area (Å²) in [6, 6.07) is 0.231. The molecule has 0 aromatic carbocycles. The van der Waals surface area contributed by atoms with Crippen LogP contribution in [0.4, 0.5) is 0 Å². The largest absolute Gasteiger partial charge is 0.374 e. The van der Waals surface area contributed by atoms with Crippen molar-refractivity contribution in [2.75, 3.05) is 6.61 Å². The molecule has 0 aromatic rings. The lowest BCUT2D eigenvalue weighted by Crippen LogP contribution is -2.44. The molecule has 1 fully saturated rings. The van der Waals surface area contributed by atoms with Gasteiger partial charge in [0.05, 0.1) is 5.60 Å². The van der Waals surface area contributed by atoms with Crippen LogP contribution in [0.5, 0.6) is 0 Å². The lowest BCUT2D eigenvalue weighted by Gasteiger charge is -2.30. The Bertz CT molecular complexity index is 119. The van der Waals surface area contributed by atoms with Crippen LogP contribution in [0.25, 0.3) is 0 Å². The Morgan fingerprint density at radius 2 is 2.36 bits per heavy atom. The molecule has 2 nitrogen and oxygen atoms in total. The Morgan fingerprint density at radius 1 is 1.64 bits per heavy atom. The second-order valence-electron chi connectivity index (χ2n) is 3.66. The molecule has 1 rings (SSSR count). The summed E-state index contributed by atoms with van der Waals surface area (Å²) < 4.78 is 5.63. The third-order valence-electron chi connectivity index (χ3n) is 2.63. The number of hydrogen-bond donors (Lipinski definition) is 1. The molecule has 0 bridgehead atoms. The van der Waals surface area contributed by atoms with Gasteiger partial charge in [0.2, 0.25) is 0 Å². The first-order valence-corrected chi connectivity index (χ1v) is 4.58. The zero-order chi connectivity index (χ0) is 8.32. The third kappa shape index (κ3) is 1.94. The van der Waals surface area contributed by atoms with E-state index in [2.05, 4.69) is 13.8 Å². The molecule has 1 unspecified atom stereocenters. The van der Waals surface area contributed by atoms with E-state index in [1.807, 2.05) is 0 Å². The lowest BCUT2D eigenvalue weighted by molar-refractivity contribution is -0.00321. The molecule has 0 amide bonds. The molecular formula is C9H19NO. The van der Waals surface area contributed by atoms with Gasteiger partial charge in [-0.15, -0.1) is 0 Å². The second kappa shape index (κ2) is 3.55. The van der Waals surface area contributed by atoms with Crippen molar-refractivity contribution in [3.8, 4) is 0 Å². The van der Waals surface area contributed by atoms with Crippen molar-refractivity contribution in [3.63, 3.8) is 0 Å². The molecule has 0 aliphatic carbocycles. The first kappa shape index (κ1) is 9.01. The Balaban J connectivity index is 2.42. The summed E-state index contributed by atoms with van der Waals surface area (Å²) in [5, 5.41) is 0. The smallest absolute Gasteiger partial charge is 0.0805 e. The quantitative estimate of drug-likeness (QED) is 0.676. The van der Waals surface area contributed by atoms with Gasteiger partial charge in [-0.25, -0.2) is 0 Å². The summed E-state index contributed by atoms with van der Waals surface area (Å²) in [5.74, 6) is 0. The van der Waals surface area contributed by atoms with Crippen LogP contribution in [0.3, 0.4) is 0 Å². The van der Waals surface area contributed by atoms with Crippen molar-refractivity contribution in [2.24, 2.45) is 5.73 Å². The van der Waals surface area contributed by atoms with Gasteiger partial charge in [-0.2, -0.15) is 0 Å². The fraction of sp³-hybridized carbons (Fsp3) is 1.00. The summed E-state index contributed by atoms with van der Waals surface area (Å²) in [7, 11) is 0. The first-order valence-electron chi connectivity index (χ1n) is 4.58. The minimum Gasteiger partial charge on any atom is -0.374 e. The molecule has 0 spiro atoms. The predicted octanol–water partition coefficient (Wildman–Crippen LogP) is 1.68. The third-order valence-corrected chi connectivity index (χ3v) is 2.63. The minimum atomic E-state index is -0.0178. The van der Waals surface area contributed by atoms with E-state index in [-0.39, 0.29) is 11.6 Å². The fourth-order valence-electron chi connectivity index (χ4n) is 1.71. The standard InChI is InChI=1S/C9H19NO/c1-3-5-8(10)9(2)6-4-7-11-9/h8H,3-7,10H2,1-2H3/t8-,9?/m1/s1. The van der Waals surface area contributed by atoms with E-state index < -0.39 is 0 Å². The highest BCUT2D eigenvalue weighted by molar-refractivity contribution is 4.89. The number of hydrogen-bond acceptors (Lipinski definition) is 2. The van der Waals surface area contributed by atoms with Gasteiger partial charge in [0.15, 0.2) is 0 Å². The van der Waals surface area contributed by atoms with Crippen LogP contribution in [-0.2, 0) is 4.74 Å². The maximum Gasteiger partial charge on any atom is 0.0805 e. The Hall–Kier alpha value is -0.0800. The highest BCUT2D eigenvalue weighted by Gasteiger charge is 2.35. The van der Waals surface area contributed by atoms with Crippen molar-refractivity contribution < 1.29 is 4.74 Å². The summed E-state index contributed by atoms with van der Waals surface area (Å²) in [5.41, 5.74) is 5.98. The molecule has 2 atom stereocenters. The van der Waals surface area contributed by atoms with Crippen molar-refractivity contribution in [3.05, 3.63) is 0 Å². The predicted molar refractivity (Wildman–Crippen MR) is 46.5 cm³/mol. The molecule has 1 aliphatic rings. The van der Waals surface area contributed by atoms with Gasteiger partial charge in [0.25, 0.3) is 0 Å².